The Bertz CT molecular complexity index is 356. The summed E-state index contributed by atoms with van der Waals surface area (Å²) in [5.41, 5.74) is -0.267. The van der Waals surface area contributed by atoms with Crippen molar-refractivity contribution in [2.45, 2.75) is 44.7 Å². The molecule has 86 valence electrons. The van der Waals surface area contributed by atoms with Gasteiger partial charge in [-0.2, -0.15) is 5.26 Å². The summed E-state index contributed by atoms with van der Waals surface area (Å²) in [6.07, 6.45) is 4.34. The predicted molar refractivity (Wildman–Crippen MR) is 67.1 cm³/mol. The Morgan fingerprint density at radius 3 is 2.88 bits per heavy atom. The summed E-state index contributed by atoms with van der Waals surface area (Å²) in [6, 6.07) is 6.67. The van der Waals surface area contributed by atoms with Crippen molar-refractivity contribution in [2.75, 3.05) is 0 Å². The molecule has 3 heteroatoms. The highest BCUT2D eigenvalue weighted by Gasteiger charge is 2.33. The first-order chi connectivity index (χ1) is 7.74. The summed E-state index contributed by atoms with van der Waals surface area (Å²) in [6.45, 7) is 3.11. The van der Waals surface area contributed by atoms with E-state index in [4.69, 9.17) is 0 Å². The first-order valence-corrected chi connectivity index (χ1v) is 6.81. The molecule has 1 fully saturated rings. The van der Waals surface area contributed by atoms with E-state index in [1.165, 1.54) is 17.7 Å². The molecule has 1 N–H and O–H groups in total. The monoisotopic (exact) mass is 234 g/mol. The van der Waals surface area contributed by atoms with Crippen LogP contribution in [0.4, 0.5) is 0 Å². The molecule has 16 heavy (non-hydrogen) atoms. The van der Waals surface area contributed by atoms with Crippen LogP contribution in [0.15, 0.2) is 17.5 Å². The van der Waals surface area contributed by atoms with Crippen LogP contribution in [0.25, 0.3) is 0 Å². The zero-order valence-electron chi connectivity index (χ0n) is 9.70. The summed E-state index contributed by atoms with van der Waals surface area (Å²) >= 11 is 1.75. The van der Waals surface area contributed by atoms with E-state index >= 15 is 0 Å². The fraction of sp³-hybridized carbons (Fsp3) is 0.615. The third-order valence-electron chi connectivity index (χ3n) is 3.52. The van der Waals surface area contributed by atoms with Crippen molar-refractivity contribution in [2.24, 2.45) is 5.92 Å². The van der Waals surface area contributed by atoms with Gasteiger partial charge in [0, 0.05) is 11.4 Å². The van der Waals surface area contributed by atoms with Gasteiger partial charge in [-0.3, -0.25) is 5.32 Å². The number of nitriles is 1. The van der Waals surface area contributed by atoms with Crippen LogP contribution in [0.2, 0.25) is 0 Å². The molecular formula is C13H18N2S. The van der Waals surface area contributed by atoms with Crippen molar-refractivity contribution in [3.05, 3.63) is 22.4 Å². The first kappa shape index (κ1) is 11.6. The van der Waals surface area contributed by atoms with Crippen LogP contribution in [0, 0.1) is 17.2 Å². The van der Waals surface area contributed by atoms with Gasteiger partial charge >= 0.3 is 0 Å². The molecule has 0 radical (unpaired) electrons. The Morgan fingerprint density at radius 1 is 1.56 bits per heavy atom. The molecule has 1 heterocycles. The second kappa shape index (κ2) is 4.99. The van der Waals surface area contributed by atoms with E-state index < -0.39 is 0 Å². The second-order valence-electron chi connectivity index (χ2n) is 4.81. The lowest BCUT2D eigenvalue weighted by atomic mass is 9.78. The molecule has 0 saturated heterocycles. The minimum Gasteiger partial charge on any atom is -0.294 e. The first-order valence-electron chi connectivity index (χ1n) is 5.93. The summed E-state index contributed by atoms with van der Waals surface area (Å²) in [4.78, 5) is 1.31. The van der Waals surface area contributed by atoms with Crippen molar-refractivity contribution in [3.63, 3.8) is 0 Å². The molecule has 0 aliphatic heterocycles. The number of hydrogen-bond acceptors (Lipinski definition) is 3. The van der Waals surface area contributed by atoms with Crippen LogP contribution in [0.1, 0.15) is 37.5 Å². The third-order valence-corrected chi connectivity index (χ3v) is 4.40. The maximum atomic E-state index is 9.35. The maximum absolute atomic E-state index is 9.35. The van der Waals surface area contributed by atoms with Crippen LogP contribution in [-0.4, -0.2) is 5.54 Å². The van der Waals surface area contributed by atoms with E-state index in [2.05, 4.69) is 35.8 Å². The summed E-state index contributed by atoms with van der Waals surface area (Å²) in [5.74, 6) is 0.782. The van der Waals surface area contributed by atoms with E-state index in [1.54, 1.807) is 11.3 Å². The van der Waals surface area contributed by atoms with E-state index in [1.807, 2.05) is 0 Å². The highest BCUT2D eigenvalue weighted by atomic mass is 32.1. The SMILES string of the molecule is CC1CCC(C#N)(NCc2cccs2)CC1. The number of rotatable bonds is 3. The van der Waals surface area contributed by atoms with Gasteiger partial charge in [0.1, 0.15) is 5.54 Å². The highest BCUT2D eigenvalue weighted by molar-refractivity contribution is 7.09. The van der Waals surface area contributed by atoms with Gasteiger partial charge in [0.15, 0.2) is 0 Å². The topological polar surface area (TPSA) is 35.8 Å². The molecule has 2 nitrogen and oxygen atoms in total. The molecule has 1 aromatic heterocycles. The van der Waals surface area contributed by atoms with Crippen LogP contribution < -0.4 is 5.32 Å². The third kappa shape index (κ3) is 2.63. The minimum absolute atomic E-state index is 0.267. The molecular weight excluding hydrogens is 216 g/mol. The summed E-state index contributed by atoms with van der Waals surface area (Å²) in [5, 5.41) is 14.9. The molecule has 0 atom stereocenters. The van der Waals surface area contributed by atoms with Gasteiger partial charge in [-0.25, -0.2) is 0 Å². The van der Waals surface area contributed by atoms with Crippen LogP contribution in [0.5, 0.6) is 0 Å². The van der Waals surface area contributed by atoms with E-state index in [-0.39, 0.29) is 5.54 Å². The van der Waals surface area contributed by atoms with Gasteiger partial charge in [0.05, 0.1) is 6.07 Å². The van der Waals surface area contributed by atoms with Gasteiger partial charge in [0.2, 0.25) is 0 Å². The summed E-state index contributed by atoms with van der Waals surface area (Å²) < 4.78 is 0. The summed E-state index contributed by atoms with van der Waals surface area (Å²) in [7, 11) is 0. The standard InChI is InChI=1S/C13H18N2S/c1-11-4-6-13(10-14,7-5-11)15-9-12-3-2-8-16-12/h2-3,8,11,15H,4-7,9H2,1H3. The Labute approximate surface area is 101 Å². The number of nitrogens with zero attached hydrogens (tertiary/aromatic N) is 1. The van der Waals surface area contributed by atoms with E-state index in [0.717, 1.165) is 25.3 Å². The van der Waals surface area contributed by atoms with Gasteiger partial charge < -0.3 is 0 Å². The Morgan fingerprint density at radius 2 is 2.31 bits per heavy atom. The van der Waals surface area contributed by atoms with Gasteiger partial charge in [0.25, 0.3) is 0 Å². The zero-order chi connectivity index (χ0) is 11.4. The maximum Gasteiger partial charge on any atom is 0.107 e. The van der Waals surface area contributed by atoms with E-state index in [0.29, 0.717) is 0 Å². The Kier molecular flexibility index (Phi) is 3.63. The Balaban J connectivity index is 1.93. The normalized spacial score (nSPS) is 29.9. The van der Waals surface area contributed by atoms with E-state index in [9.17, 15) is 5.26 Å². The molecule has 0 amide bonds. The average Bonchev–Trinajstić information content (AvgIpc) is 2.82. The van der Waals surface area contributed by atoms with Crippen molar-refractivity contribution >= 4 is 11.3 Å². The largest absolute Gasteiger partial charge is 0.294 e. The second-order valence-corrected chi connectivity index (χ2v) is 5.84. The van der Waals surface area contributed by atoms with Crippen LogP contribution in [-0.2, 0) is 6.54 Å². The molecule has 1 saturated carbocycles. The average molecular weight is 234 g/mol. The molecule has 1 aromatic rings. The van der Waals surface area contributed by atoms with Crippen molar-refractivity contribution in [1.29, 1.82) is 5.26 Å². The Hall–Kier alpha value is -0.850. The fourth-order valence-electron chi connectivity index (χ4n) is 2.25. The molecule has 0 aromatic carbocycles. The van der Waals surface area contributed by atoms with Gasteiger partial charge in [-0.05, 0) is 43.0 Å². The van der Waals surface area contributed by atoms with Crippen LogP contribution in [0.3, 0.4) is 0 Å². The zero-order valence-corrected chi connectivity index (χ0v) is 10.5. The molecule has 0 unspecified atom stereocenters. The number of thiophene rings is 1. The lowest BCUT2D eigenvalue weighted by Crippen LogP contribution is -2.45. The minimum atomic E-state index is -0.267. The quantitative estimate of drug-likeness (QED) is 0.871. The lowest BCUT2D eigenvalue weighted by Gasteiger charge is -2.34. The number of nitrogens with one attached hydrogen (secondary N) is 1. The lowest BCUT2D eigenvalue weighted by molar-refractivity contribution is 0.248. The molecule has 0 spiro atoms. The molecule has 1 aliphatic carbocycles. The predicted octanol–water partition coefficient (Wildman–Crippen LogP) is 3.31. The molecule has 2 rings (SSSR count). The van der Waals surface area contributed by atoms with Gasteiger partial charge in [-0.15, -0.1) is 11.3 Å². The number of hydrogen-bond donors (Lipinski definition) is 1. The fourth-order valence-corrected chi connectivity index (χ4v) is 2.90. The molecule has 1 aliphatic rings. The molecule has 0 bridgehead atoms. The van der Waals surface area contributed by atoms with Gasteiger partial charge in [-0.1, -0.05) is 13.0 Å². The smallest absolute Gasteiger partial charge is 0.107 e. The van der Waals surface area contributed by atoms with Crippen molar-refractivity contribution in [3.8, 4) is 6.07 Å². The van der Waals surface area contributed by atoms with Crippen molar-refractivity contribution in [1.82, 2.24) is 5.32 Å². The van der Waals surface area contributed by atoms with Crippen molar-refractivity contribution < 1.29 is 0 Å². The van der Waals surface area contributed by atoms with Crippen LogP contribution >= 0.6 is 11.3 Å². The highest BCUT2D eigenvalue weighted by Crippen LogP contribution is 2.31.